The molecule has 2 aromatic heterocycles. The maximum absolute atomic E-state index is 12.9. The maximum atomic E-state index is 12.9. The van der Waals surface area contributed by atoms with Crippen LogP contribution in [0.1, 0.15) is 43.6 Å². The third-order valence-electron chi connectivity index (χ3n) is 5.79. The number of rotatable bonds is 3. The summed E-state index contributed by atoms with van der Waals surface area (Å²) in [6.07, 6.45) is 4.64. The number of fused-ring (bicyclic) bond motifs is 3. The Hall–Kier alpha value is -1.44. The second-order valence-electron chi connectivity index (χ2n) is 8.27. The number of hydrogen-bond acceptors (Lipinski definition) is 4. The molecule has 4 rings (SSSR count). The predicted octanol–water partition coefficient (Wildman–Crippen LogP) is 0.682. The fraction of sp³-hybridized carbons (Fsp3) is 0.684. The van der Waals surface area contributed by atoms with Crippen molar-refractivity contribution in [3.05, 3.63) is 31.3 Å². The van der Waals surface area contributed by atoms with Crippen LogP contribution in [0.4, 0.5) is 0 Å². The van der Waals surface area contributed by atoms with Gasteiger partial charge in [0.2, 0.25) is 0 Å². The molecule has 6 nitrogen and oxygen atoms in total. The molecular weight excluding hydrogens is 350 g/mol. The fourth-order valence-electron chi connectivity index (χ4n) is 4.22. The first-order valence-electron chi connectivity index (χ1n) is 9.59. The zero-order valence-electron chi connectivity index (χ0n) is 15.9. The summed E-state index contributed by atoms with van der Waals surface area (Å²) in [5.41, 5.74) is 1.27. The van der Waals surface area contributed by atoms with Gasteiger partial charge in [0, 0.05) is 23.9 Å². The van der Waals surface area contributed by atoms with Crippen molar-refractivity contribution >= 4 is 21.6 Å². The summed E-state index contributed by atoms with van der Waals surface area (Å²) >= 11 is 1.55. The van der Waals surface area contributed by atoms with Crippen LogP contribution in [-0.4, -0.2) is 34.4 Å². The van der Waals surface area contributed by atoms with Gasteiger partial charge in [-0.25, -0.2) is 4.79 Å². The van der Waals surface area contributed by atoms with Gasteiger partial charge in [0.25, 0.3) is 5.56 Å². The Balaban J connectivity index is 1.79. The first-order chi connectivity index (χ1) is 12.4. The molecule has 0 aliphatic carbocycles. The van der Waals surface area contributed by atoms with Crippen molar-refractivity contribution in [1.82, 2.24) is 9.13 Å². The molecule has 2 aliphatic rings. The lowest BCUT2D eigenvalue weighted by molar-refractivity contribution is -0.905. The first-order valence-corrected chi connectivity index (χ1v) is 10.4. The van der Waals surface area contributed by atoms with E-state index >= 15 is 0 Å². The van der Waals surface area contributed by atoms with Gasteiger partial charge in [0.1, 0.15) is 4.70 Å². The largest absolute Gasteiger partial charge is 0.370 e. The lowest BCUT2D eigenvalue weighted by atomic mass is 9.98. The number of ether oxygens (including phenoxy) is 1. The molecule has 1 N–H and O–H groups in total. The van der Waals surface area contributed by atoms with E-state index in [0.717, 1.165) is 24.0 Å². The lowest BCUT2D eigenvalue weighted by Crippen LogP contribution is -3.13. The van der Waals surface area contributed by atoms with Gasteiger partial charge in [-0.05, 0) is 33.1 Å². The normalized spacial score (nSPS) is 20.4. The van der Waals surface area contributed by atoms with Crippen molar-refractivity contribution in [3.63, 3.8) is 0 Å². The lowest BCUT2D eigenvalue weighted by Gasteiger charge is -2.30. The molecule has 0 radical (unpaired) electrons. The number of thiophene rings is 1. The molecule has 0 aromatic carbocycles. The minimum Gasteiger partial charge on any atom is -0.370 e. The molecule has 4 heterocycles. The van der Waals surface area contributed by atoms with E-state index in [2.05, 4.69) is 13.8 Å². The van der Waals surface area contributed by atoms with Crippen LogP contribution in [0.25, 0.3) is 10.2 Å². The Morgan fingerprint density at radius 2 is 1.92 bits per heavy atom. The molecule has 2 aliphatic heterocycles. The second-order valence-corrected chi connectivity index (χ2v) is 9.37. The highest BCUT2D eigenvalue weighted by Crippen LogP contribution is 2.37. The van der Waals surface area contributed by atoms with Crippen LogP contribution in [-0.2, 0) is 31.4 Å². The molecule has 7 heteroatoms. The molecule has 142 valence electrons. The zero-order chi connectivity index (χ0) is 18.5. The molecule has 0 unspecified atom stereocenters. The number of quaternary nitrogens is 1. The van der Waals surface area contributed by atoms with Crippen LogP contribution in [0.15, 0.2) is 9.59 Å². The number of piperidine rings is 1. The Bertz CT molecular complexity index is 948. The molecule has 0 spiro atoms. The van der Waals surface area contributed by atoms with E-state index in [0.29, 0.717) is 17.9 Å². The smallest absolute Gasteiger partial charge is 0.331 e. The van der Waals surface area contributed by atoms with E-state index in [1.165, 1.54) is 41.8 Å². The zero-order valence-corrected chi connectivity index (χ0v) is 16.7. The van der Waals surface area contributed by atoms with Gasteiger partial charge in [-0.3, -0.25) is 13.9 Å². The summed E-state index contributed by atoms with van der Waals surface area (Å²) in [5, 5.41) is 0. The summed E-state index contributed by atoms with van der Waals surface area (Å²) < 4.78 is 9.79. The number of likely N-dealkylation sites (tertiary alicyclic amines) is 1. The minimum atomic E-state index is -0.220. The number of nitrogens with zero attached hydrogens (tertiary/aromatic N) is 2. The van der Waals surface area contributed by atoms with Crippen LogP contribution >= 0.6 is 11.3 Å². The Morgan fingerprint density at radius 1 is 1.19 bits per heavy atom. The van der Waals surface area contributed by atoms with E-state index < -0.39 is 0 Å². The summed E-state index contributed by atoms with van der Waals surface area (Å²) in [6.45, 7) is 8.59. The Morgan fingerprint density at radius 3 is 2.65 bits per heavy atom. The molecule has 2 aromatic rings. The van der Waals surface area contributed by atoms with Gasteiger partial charge in [-0.2, -0.15) is 0 Å². The van der Waals surface area contributed by atoms with Crippen molar-refractivity contribution in [3.8, 4) is 0 Å². The summed E-state index contributed by atoms with van der Waals surface area (Å²) in [6, 6.07) is 0. The van der Waals surface area contributed by atoms with Crippen LogP contribution in [0.3, 0.4) is 0 Å². The summed E-state index contributed by atoms with van der Waals surface area (Å²) in [7, 11) is 1.59. The van der Waals surface area contributed by atoms with Crippen molar-refractivity contribution < 1.29 is 9.64 Å². The summed E-state index contributed by atoms with van der Waals surface area (Å²) in [4.78, 5) is 28.3. The molecule has 0 atom stereocenters. The Labute approximate surface area is 157 Å². The van der Waals surface area contributed by atoms with Gasteiger partial charge < -0.3 is 9.64 Å². The minimum absolute atomic E-state index is 0.177. The van der Waals surface area contributed by atoms with Crippen LogP contribution in [0.5, 0.6) is 0 Å². The molecule has 1 fully saturated rings. The van der Waals surface area contributed by atoms with E-state index in [-0.39, 0.29) is 16.9 Å². The van der Waals surface area contributed by atoms with Crippen molar-refractivity contribution in [2.45, 2.75) is 58.3 Å². The number of nitrogens with one attached hydrogen (secondary N) is 1. The van der Waals surface area contributed by atoms with E-state index in [9.17, 15) is 9.59 Å². The molecule has 0 bridgehead atoms. The van der Waals surface area contributed by atoms with Gasteiger partial charge in [-0.15, -0.1) is 11.3 Å². The highest BCUT2D eigenvalue weighted by molar-refractivity contribution is 7.19. The fourth-order valence-corrected chi connectivity index (χ4v) is 5.72. The Kier molecular flexibility index (Phi) is 4.57. The van der Waals surface area contributed by atoms with Crippen molar-refractivity contribution in [1.29, 1.82) is 0 Å². The summed E-state index contributed by atoms with van der Waals surface area (Å²) in [5.74, 6) is 0. The van der Waals surface area contributed by atoms with Crippen molar-refractivity contribution in [2.75, 3.05) is 19.6 Å². The topological polar surface area (TPSA) is 57.7 Å². The SMILES string of the molecule is Cn1c(=O)c2sc3c(c2n(CC[NH+]2CCCCC2)c1=O)COC(C)(C)C3. The molecule has 26 heavy (non-hydrogen) atoms. The van der Waals surface area contributed by atoms with Crippen molar-refractivity contribution in [2.24, 2.45) is 7.05 Å². The number of hydrogen-bond donors (Lipinski definition) is 1. The molecule has 1 saturated heterocycles. The predicted molar refractivity (Wildman–Crippen MR) is 103 cm³/mol. The van der Waals surface area contributed by atoms with Crippen LogP contribution < -0.4 is 16.1 Å². The highest BCUT2D eigenvalue weighted by Gasteiger charge is 2.31. The van der Waals surface area contributed by atoms with Gasteiger partial charge in [-0.1, -0.05) is 0 Å². The monoisotopic (exact) mass is 378 g/mol. The van der Waals surface area contributed by atoms with E-state index in [4.69, 9.17) is 4.74 Å². The quantitative estimate of drug-likeness (QED) is 0.855. The van der Waals surface area contributed by atoms with Gasteiger partial charge >= 0.3 is 5.69 Å². The maximum Gasteiger partial charge on any atom is 0.331 e. The van der Waals surface area contributed by atoms with Crippen LogP contribution in [0.2, 0.25) is 0 Å². The van der Waals surface area contributed by atoms with E-state index in [1.54, 1.807) is 23.3 Å². The van der Waals surface area contributed by atoms with E-state index in [1.807, 2.05) is 4.57 Å². The molecule has 0 saturated carbocycles. The standard InChI is InChI=1S/C19H27N3O3S/c1-19(2)11-14-13(12-25-19)15-16(26-14)17(23)20(3)18(24)22(15)10-9-21-7-5-4-6-8-21/h4-12H2,1-3H3/p+1. The third kappa shape index (κ3) is 3.06. The molecule has 0 amide bonds. The molecular formula is C19H28N3O3S+. The van der Waals surface area contributed by atoms with Gasteiger partial charge in [0.05, 0.1) is 43.9 Å². The second kappa shape index (κ2) is 6.62. The number of aromatic nitrogens is 2. The highest BCUT2D eigenvalue weighted by atomic mass is 32.1. The van der Waals surface area contributed by atoms with Gasteiger partial charge in [0.15, 0.2) is 0 Å². The average Bonchev–Trinajstić information content (AvgIpc) is 2.98. The van der Waals surface area contributed by atoms with Crippen LogP contribution in [0, 0.1) is 0 Å². The average molecular weight is 379 g/mol. The third-order valence-corrected chi connectivity index (χ3v) is 7.00. The first kappa shape index (κ1) is 17.9.